The summed E-state index contributed by atoms with van der Waals surface area (Å²) in [4.78, 5) is 14.1. The van der Waals surface area contributed by atoms with Crippen LogP contribution in [0, 0.1) is 0 Å². The number of benzene rings is 1. The molecule has 1 aromatic carbocycles. The van der Waals surface area contributed by atoms with Crippen molar-refractivity contribution in [3.63, 3.8) is 0 Å². The molecule has 1 aliphatic heterocycles. The molecule has 1 saturated heterocycles. The van der Waals surface area contributed by atoms with E-state index in [2.05, 4.69) is 0 Å². The van der Waals surface area contributed by atoms with Gasteiger partial charge in [-0.25, -0.2) is 0 Å². The van der Waals surface area contributed by atoms with Gasteiger partial charge in [0.25, 0.3) is 5.91 Å². The van der Waals surface area contributed by atoms with E-state index in [1.165, 1.54) is 0 Å². The highest BCUT2D eigenvalue weighted by Gasteiger charge is 2.17. The molecular formula is C13H16ClNO2. The van der Waals surface area contributed by atoms with Gasteiger partial charge in [0, 0.05) is 31.1 Å². The minimum absolute atomic E-state index is 0.0717. The number of nitrogens with zero attached hydrogens (tertiary/aromatic N) is 1. The van der Waals surface area contributed by atoms with Gasteiger partial charge in [-0.15, -0.1) is 11.6 Å². The molecule has 0 N–H and O–H groups in total. The first-order valence-corrected chi connectivity index (χ1v) is 6.36. The Kier molecular flexibility index (Phi) is 4.40. The van der Waals surface area contributed by atoms with Crippen molar-refractivity contribution < 1.29 is 9.53 Å². The van der Waals surface area contributed by atoms with Crippen LogP contribution in [0.25, 0.3) is 0 Å². The monoisotopic (exact) mass is 253 g/mol. The van der Waals surface area contributed by atoms with Crippen molar-refractivity contribution in [2.24, 2.45) is 0 Å². The average molecular weight is 254 g/mol. The molecule has 1 amide bonds. The summed E-state index contributed by atoms with van der Waals surface area (Å²) in [5, 5.41) is 0. The zero-order valence-electron chi connectivity index (χ0n) is 9.69. The summed E-state index contributed by atoms with van der Waals surface area (Å²) >= 11 is 5.77. The zero-order chi connectivity index (χ0) is 12.1. The number of hydrogen-bond donors (Lipinski definition) is 0. The fraction of sp³-hybridized carbons (Fsp3) is 0.462. The Morgan fingerprint density at radius 2 is 2.24 bits per heavy atom. The van der Waals surface area contributed by atoms with Gasteiger partial charge in [-0.2, -0.15) is 0 Å². The normalized spacial score (nSPS) is 16.6. The van der Waals surface area contributed by atoms with Crippen molar-refractivity contribution in [1.29, 1.82) is 0 Å². The summed E-state index contributed by atoms with van der Waals surface area (Å²) in [5.74, 6) is 0.506. The van der Waals surface area contributed by atoms with Crippen LogP contribution in [0.5, 0.6) is 0 Å². The Morgan fingerprint density at radius 3 is 3.06 bits per heavy atom. The van der Waals surface area contributed by atoms with Crippen molar-refractivity contribution in [2.75, 3.05) is 26.3 Å². The molecule has 0 aliphatic carbocycles. The number of hydrogen-bond acceptors (Lipinski definition) is 2. The maximum absolute atomic E-state index is 12.2. The van der Waals surface area contributed by atoms with Crippen LogP contribution >= 0.6 is 11.6 Å². The Balaban J connectivity index is 2.11. The molecule has 3 nitrogen and oxygen atoms in total. The van der Waals surface area contributed by atoms with Crippen LogP contribution in [0.15, 0.2) is 24.3 Å². The van der Waals surface area contributed by atoms with E-state index in [-0.39, 0.29) is 5.91 Å². The molecule has 2 rings (SSSR count). The van der Waals surface area contributed by atoms with Crippen LogP contribution in [0.2, 0.25) is 0 Å². The van der Waals surface area contributed by atoms with Gasteiger partial charge in [0.1, 0.15) is 0 Å². The van der Waals surface area contributed by atoms with Crippen molar-refractivity contribution in [1.82, 2.24) is 4.90 Å². The van der Waals surface area contributed by atoms with Crippen molar-refractivity contribution in [3.8, 4) is 0 Å². The summed E-state index contributed by atoms with van der Waals surface area (Å²) in [6.07, 6.45) is 0.904. The SMILES string of the molecule is O=C(c1cccc(CCl)c1)N1CCCOCC1. The number of carbonyl (C=O) groups excluding carboxylic acids is 1. The van der Waals surface area contributed by atoms with E-state index in [4.69, 9.17) is 16.3 Å². The van der Waals surface area contributed by atoms with E-state index in [0.29, 0.717) is 24.6 Å². The minimum Gasteiger partial charge on any atom is -0.380 e. The number of ether oxygens (including phenoxy) is 1. The fourth-order valence-corrected chi connectivity index (χ4v) is 2.09. The summed E-state index contributed by atoms with van der Waals surface area (Å²) in [7, 11) is 0. The van der Waals surface area contributed by atoms with Crippen LogP contribution in [-0.4, -0.2) is 37.1 Å². The van der Waals surface area contributed by atoms with E-state index in [9.17, 15) is 4.79 Å². The average Bonchev–Trinajstić information content (AvgIpc) is 2.67. The molecule has 1 fully saturated rings. The van der Waals surface area contributed by atoms with Gasteiger partial charge < -0.3 is 9.64 Å². The minimum atomic E-state index is 0.0717. The highest BCUT2D eigenvalue weighted by atomic mass is 35.5. The topological polar surface area (TPSA) is 29.5 Å². The number of rotatable bonds is 2. The second kappa shape index (κ2) is 6.03. The predicted molar refractivity (Wildman–Crippen MR) is 67.3 cm³/mol. The highest BCUT2D eigenvalue weighted by Crippen LogP contribution is 2.11. The standard InChI is InChI=1S/C13H16ClNO2/c14-10-11-3-1-4-12(9-11)13(16)15-5-2-7-17-8-6-15/h1,3-4,9H,2,5-8,10H2. The van der Waals surface area contributed by atoms with Gasteiger partial charge in [0.15, 0.2) is 0 Å². The molecule has 1 aliphatic rings. The third kappa shape index (κ3) is 3.20. The quantitative estimate of drug-likeness (QED) is 0.757. The van der Waals surface area contributed by atoms with E-state index in [1.54, 1.807) is 0 Å². The van der Waals surface area contributed by atoms with Crippen LogP contribution in [0.3, 0.4) is 0 Å². The first-order valence-electron chi connectivity index (χ1n) is 5.83. The first kappa shape index (κ1) is 12.4. The van der Waals surface area contributed by atoms with Crippen LogP contribution in [0.1, 0.15) is 22.3 Å². The summed E-state index contributed by atoms with van der Waals surface area (Å²) in [6.45, 7) is 2.81. The lowest BCUT2D eigenvalue weighted by Crippen LogP contribution is -2.33. The molecule has 1 heterocycles. The fourth-order valence-electron chi connectivity index (χ4n) is 1.92. The molecule has 0 spiro atoms. The van der Waals surface area contributed by atoms with E-state index in [0.717, 1.165) is 25.1 Å². The molecule has 92 valence electrons. The number of halogens is 1. The van der Waals surface area contributed by atoms with E-state index < -0.39 is 0 Å². The molecule has 17 heavy (non-hydrogen) atoms. The van der Waals surface area contributed by atoms with Crippen molar-refractivity contribution in [2.45, 2.75) is 12.3 Å². The number of amides is 1. The Bertz CT molecular complexity index is 387. The second-order valence-electron chi connectivity index (χ2n) is 4.09. The summed E-state index contributed by atoms with van der Waals surface area (Å²) in [6, 6.07) is 7.50. The van der Waals surface area contributed by atoms with Gasteiger partial charge >= 0.3 is 0 Å². The zero-order valence-corrected chi connectivity index (χ0v) is 10.4. The molecule has 0 atom stereocenters. The van der Waals surface area contributed by atoms with Gasteiger partial charge in [0.2, 0.25) is 0 Å². The largest absolute Gasteiger partial charge is 0.380 e. The van der Waals surface area contributed by atoms with Crippen molar-refractivity contribution in [3.05, 3.63) is 35.4 Å². The third-order valence-corrected chi connectivity index (χ3v) is 3.15. The molecule has 0 bridgehead atoms. The first-order chi connectivity index (χ1) is 8.31. The molecule has 0 saturated carbocycles. The van der Waals surface area contributed by atoms with Gasteiger partial charge in [-0.1, -0.05) is 12.1 Å². The highest BCUT2D eigenvalue weighted by molar-refractivity contribution is 6.17. The molecule has 0 radical (unpaired) electrons. The molecule has 0 aromatic heterocycles. The van der Waals surface area contributed by atoms with Crippen LogP contribution < -0.4 is 0 Å². The summed E-state index contributed by atoms with van der Waals surface area (Å²) in [5.41, 5.74) is 1.69. The van der Waals surface area contributed by atoms with Crippen LogP contribution in [0.4, 0.5) is 0 Å². The third-order valence-electron chi connectivity index (χ3n) is 2.84. The molecule has 0 unspecified atom stereocenters. The smallest absolute Gasteiger partial charge is 0.253 e. The second-order valence-corrected chi connectivity index (χ2v) is 4.36. The summed E-state index contributed by atoms with van der Waals surface area (Å²) < 4.78 is 5.34. The van der Waals surface area contributed by atoms with Gasteiger partial charge in [-0.3, -0.25) is 4.79 Å². The van der Waals surface area contributed by atoms with E-state index in [1.807, 2.05) is 29.2 Å². The lowest BCUT2D eigenvalue weighted by Gasteiger charge is -2.19. The van der Waals surface area contributed by atoms with E-state index >= 15 is 0 Å². The predicted octanol–water partition coefficient (Wildman–Crippen LogP) is 2.29. The number of alkyl halides is 1. The Morgan fingerprint density at radius 1 is 1.35 bits per heavy atom. The Labute approximate surface area is 106 Å². The van der Waals surface area contributed by atoms with Gasteiger partial charge in [-0.05, 0) is 24.1 Å². The Hall–Kier alpha value is -1.06. The lowest BCUT2D eigenvalue weighted by molar-refractivity contribution is 0.0741. The lowest BCUT2D eigenvalue weighted by atomic mass is 10.1. The molecular weight excluding hydrogens is 238 g/mol. The number of carbonyl (C=O) groups is 1. The maximum atomic E-state index is 12.2. The van der Waals surface area contributed by atoms with Gasteiger partial charge in [0.05, 0.1) is 6.61 Å². The molecule has 1 aromatic rings. The maximum Gasteiger partial charge on any atom is 0.253 e. The van der Waals surface area contributed by atoms with Crippen molar-refractivity contribution >= 4 is 17.5 Å². The molecule has 4 heteroatoms. The van der Waals surface area contributed by atoms with Crippen LogP contribution in [-0.2, 0) is 10.6 Å².